The summed E-state index contributed by atoms with van der Waals surface area (Å²) in [4.78, 5) is 13.8. The number of carbonyl (C=O) groups excluding carboxylic acids is 1. The van der Waals surface area contributed by atoms with Gasteiger partial charge in [-0.05, 0) is 37.0 Å². The molecule has 0 unspecified atom stereocenters. The van der Waals surface area contributed by atoms with E-state index in [-0.39, 0.29) is 12.0 Å². The van der Waals surface area contributed by atoms with Crippen molar-refractivity contribution in [2.45, 2.75) is 38.7 Å². The van der Waals surface area contributed by atoms with Crippen molar-refractivity contribution in [3.05, 3.63) is 29.8 Å². The average Bonchev–Trinajstić information content (AvgIpc) is 2.48. The maximum absolute atomic E-state index is 12.0. The molecule has 1 aliphatic heterocycles. The number of benzene rings is 1. The number of likely N-dealkylation sites (tertiary alicyclic amines) is 1. The number of piperidine rings is 1. The van der Waals surface area contributed by atoms with E-state index in [1.54, 1.807) is 0 Å². The second-order valence-electron chi connectivity index (χ2n) is 5.21. The van der Waals surface area contributed by atoms with Gasteiger partial charge in [0.15, 0.2) is 0 Å². The van der Waals surface area contributed by atoms with Gasteiger partial charge in [0.1, 0.15) is 5.75 Å². The van der Waals surface area contributed by atoms with Gasteiger partial charge in [-0.3, -0.25) is 4.79 Å². The smallest absolute Gasteiger partial charge is 0.226 e. The van der Waals surface area contributed by atoms with Gasteiger partial charge >= 0.3 is 0 Å². The maximum atomic E-state index is 12.0. The Morgan fingerprint density at radius 3 is 2.55 bits per heavy atom. The van der Waals surface area contributed by atoms with Crippen LogP contribution in [-0.4, -0.2) is 41.7 Å². The average molecular weight is 277 g/mol. The van der Waals surface area contributed by atoms with Crippen LogP contribution in [0.5, 0.6) is 5.75 Å². The lowest BCUT2D eigenvalue weighted by molar-refractivity contribution is -0.133. The zero-order valence-electron chi connectivity index (χ0n) is 12.0. The minimum absolute atomic E-state index is 0.113. The molecule has 0 bridgehead atoms. The highest BCUT2D eigenvalue weighted by Gasteiger charge is 2.20. The molecule has 1 amide bonds. The van der Waals surface area contributed by atoms with Crippen molar-refractivity contribution >= 4 is 5.91 Å². The highest BCUT2D eigenvalue weighted by atomic mass is 16.5. The minimum atomic E-state index is -0.243. The minimum Gasteiger partial charge on any atom is -0.493 e. The van der Waals surface area contributed by atoms with Gasteiger partial charge in [-0.25, -0.2) is 0 Å². The van der Waals surface area contributed by atoms with E-state index in [1.807, 2.05) is 29.2 Å². The Labute approximate surface area is 120 Å². The zero-order chi connectivity index (χ0) is 14.4. The van der Waals surface area contributed by atoms with Gasteiger partial charge in [-0.2, -0.15) is 0 Å². The first-order chi connectivity index (χ1) is 9.69. The molecule has 1 aromatic carbocycles. The third-order valence-electron chi connectivity index (χ3n) is 3.73. The van der Waals surface area contributed by atoms with Crippen LogP contribution in [0.1, 0.15) is 31.7 Å². The second-order valence-corrected chi connectivity index (χ2v) is 5.21. The Morgan fingerprint density at radius 1 is 1.30 bits per heavy atom. The molecule has 0 radical (unpaired) electrons. The van der Waals surface area contributed by atoms with Gasteiger partial charge in [-0.1, -0.05) is 19.1 Å². The molecule has 2 rings (SSSR count). The van der Waals surface area contributed by atoms with E-state index in [9.17, 15) is 9.90 Å². The van der Waals surface area contributed by atoms with Gasteiger partial charge in [0.2, 0.25) is 5.91 Å². The first-order valence-corrected chi connectivity index (χ1v) is 7.36. The van der Waals surface area contributed by atoms with E-state index < -0.39 is 0 Å². The molecule has 0 saturated carbocycles. The van der Waals surface area contributed by atoms with Crippen LogP contribution in [0.4, 0.5) is 0 Å². The summed E-state index contributed by atoms with van der Waals surface area (Å²) in [5, 5.41) is 9.41. The first-order valence-electron chi connectivity index (χ1n) is 7.36. The maximum Gasteiger partial charge on any atom is 0.226 e. The lowest BCUT2D eigenvalue weighted by Crippen LogP contribution is -2.40. The van der Waals surface area contributed by atoms with Crippen molar-refractivity contribution in [1.82, 2.24) is 4.90 Å². The van der Waals surface area contributed by atoms with Crippen LogP contribution in [0.2, 0.25) is 0 Å². The predicted octanol–water partition coefficient (Wildman–Crippen LogP) is 2.00. The van der Waals surface area contributed by atoms with Crippen molar-refractivity contribution < 1.29 is 14.6 Å². The molecule has 1 heterocycles. The SMILES string of the molecule is CCc1ccc(OCCC(=O)N2CCC(O)CC2)cc1. The van der Waals surface area contributed by atoms with Crippen LogP contribution in [0.3, 0.4) is 0 Å². The normalized spacial score (nSPS) is 16.2. The molecule has 1 saturated heterocycles. The lowest BCUT2D eigenvalue weighted by atomic mass is 10.1. The summed E-state index contributed by atoms with van der Waals surface area (Å²) in [7, 11) is 0. The summed E-state index contributed by atoms with van der Waals surface area (Å²) in [5.41, 5.74) is 1.28. The van der Waals surface area contributed by atoms with Crippen molar-refractivity contribution in [2.24, 2.45) is 0 Å². The molecule has 1 N–H and O–H groups in total. The van der Waals surface area contributed by atoms with Crippen LogP contribution >= 0.6 is 0 Å². The summed E-state index contributed by atoms with van der Waals surface area (Å²) in [6, 6.07) is 7.98. The van der Waals surface area contributed by atoms with Crippen LogP contribution in [0, 0.1) is 0 Å². The topological polar surface area (TPSA) is 49.8 Å². The summed E-state index contributed by atoms with van der Waals surface area (Å²) in [6.45, 7) is 3.84. The molecule has 0 aliphatic carbocycles. The van der Waals surface area contributed by atoms with Gasteiger partial charge in [0.25, 0.3) is 0 Å². The molecule has 0 spiro atoms. The van der Waals surface area contributed by atoms with E-state index >= 15 is 0 Å². The third-order valence-corrected chi connectivity index (χ3v) is 3.73. The number of nitrogens with zero attached hydrogens (tertiary/aromatic N) is 1. The number of aryl methyl sites for hydroxylation is 1. The number of carbonyl (C=O) groups is 1. The Hall–Kier alpha value is -1.55. The van der Waals surface area contributed by atoms with Gasteiger partial charge in [0.05, 0.1) is 19.1 Å². The van der Waals surface area contributed by atoms with Crippen molar-refractivity contribution in [3.63, 3.8) is 0 Å². The summed E-state index contributed by atoms with van der Waals surface area (Å²) in [6.07, 6.45) is 2.54. The Bertz CT molecular complexity index is 422. The van der Waals surface area contributed by atoms with Crippen molar-refractivity contribution in [1.29, 1.82) is 0 Å². The molecular formula is C16H23NO3. The highest BCUT2D eigenvalue weighted by molar-refractivity contribution is 5.76. The molecular weight excluding hydrogens is 254 g/mol. The summed E-state index contributed by atoms with van der Waals surface area (Å²) >= 11 is 0. The lowest BCUT2D eigenvalue weighted by Gasteiger charge is -2.29. The van der Waals surface area contributed by atoms with Crippen LogP contribution in [0.25, 0.3) is 0 Å². The number of hydrogen-bond donors (Lipinski definition) is 1. The number of hydrogen-bond acceptors (Lipinski definition) is 3. The highest BCUT2D eigenvalue weighted by Crippen LogP contribution is 2.14. The fourth-order valence-corrected chi connectivity index (χ4v) is 2.35. The molecule has 4 nitrogen and oxygen atoms in total. The predicted molar refractivity (Wildman–Crippen MR) is 77.8 cm³/mol. The Kier molecular flexibility index (Phi) is 5.41. The number of aliphatic hydroxyl groups excluding tert-OH is 1. The molecule has 110 valence electrons. The summed E-state index contributed by atoms with van der Waals surface area (Å²) in [5.74, 6) is 0.922. The molecule has 0 aromatic heterocycles. The van der Waals surface area contributed by atoms with Gasteiger partial charge < -0.3 is 14.7 Å². The van der Waals surface area contributed by atoms with E-state index in [0.717, 1.165) is 12.2 Å². The molecule has 1 aliphatic rings. The van der Waals surface area contributed by atoms with E-state index in [1.165, 1.54) is 5.56 Å². The van der Waals surface area contributed by atoms with Crippen molar-refractivity contribution in [3.8, 4) is 5.75 Å². The monoisotopic (exact) mass is 277 g/mol. The summed E-state index contributed by atoms with van der Waals surface area (Å²) < 4.78 is 5.59. The van der Waals surface area contributed by atoms with Gasteiger partial charge in [0, 0.05) is 13.1 Å². The van der Waals surface area contributed by atoms with Crippen LogP contribution in [0.15, 0.2) is 24.3 Å². The molecule has 20 heavy (non-hydrogen) atoms. The fraction of sp³-hybridized carbons (Fsp3) is 0.562. The number of aliphatic hydroxyl groups is 1. The number of rotatable bonds is 5. The zero-order valence-corrected chi connectivity index (χ0v) is 12.0. The fourth-order valence-electron chi connectivity index (χ4n) is 2.35. The quantitative estimate of drug-likeness (QED) is 0.895. The Balaban J connectivity index is 1.70. The van der Waals surface area contributed by atoms with E-state index in [2.05, 4.69) is 6.92 Å². The molecule has 1 aromatic rings. The largest absolute Gasteiger partial charge is 0.493 e. The standard InChI is InChI=1S/C16H23NO3/c1-2-13-3-5-15(6-4-13)20-12-9-16(19)17-10-7-14(18)8-11-17/h3-6,14,18H,2,7-12H2,1H3. The Morgan fingerprint density at radius 2 is 1.95 bits per heavy atom. The van der Waals surface area contributed by atoms with Crippen LogP contribution in [-0.2, 0) is 11.2 Å². The molecule has 1 fully saturated rings. The first kappa shape index (κ1) is 14.9. The van der Waals surface area contributed by atoms with Crippen molar-refractivity contribution in [2.75, 3.05) is 19.7 Å². The second kappa shape index (κ2) is 7.29. The van der Waals surface area contributed by atoms with E-state index in [4.69, 9.17) is 4.74 Å². The molecule has 0 atom stereocenters. The van der Waals surface area contributed by atoms with E-state index in [0.29, 0.717) is 39.0 Å². The molecule has 4 heteroatoms. The van der Waals surface area contributed by atoms with Crippen LogP contribution < -0.4 is 4.74 Å². The van der Waals surface area contributed by atoms with Gasteiger partial charge in [-0.15, -0.1) is 0 Å². The number of amides is 1. The number of ether oxygens (including phenoxy) is 1. The third kappa shape index (κ3) is 4.23.